The lowest BCUT2D eigenvalue weighted by molar-refractivity contribution is -0.166. The standard InChI is InChI=1S/C33H41ClN2O7/c1-5-28(32(39)40)43-33(41)23(3)21-35-31(38)27(20-25-17-18-29(42-4)26(34)19-25)36-30(37)14-10-9-11-22(2)15-16-24-12-7-6-8-13-24/h6-8,10,12-19,22-23,27-28H,5,9,11,20-21H2,1-4H3,(H,35,38)(H,36,37)(H,39,40)/b14-10+,16-15+/t22?,23?,27-,28?/m1/s1. The van der Waals surface area contributed by atoms with E-state index in [0.29, 0.717) is 28.7 Å². The molecule has 0 aromatic heterocycles. The van der Waals surface area contributed by atoms with Gasteiger partial charge < -0.3 is 25.2 Å². The topological polar surface area (TPSA) is 131 Å². The van der Waals surface area contributed by atoms with Crippen LogP contribution in [0.3, 0.4) is 0 Å². The molecule has 9 nitrogen and oxygen atoms in total. The molecule has 2 amide bonds. The molecule has 4 atom stereocenters. The quantitative estimate of drug-likeness (QED) is 0.165. The number of hydrogen-bond donors (Lipinski definition) is 3. The van der Waals surface area contributed by atoms with Gasteiger partial charge in [-0.25, -0.2) is 4.79 Å². The van der Waals surface area contributed by atoms with Gasteiger partial charge in [0.2, 0.25) is 11.8 Å². The minimum atomic E-state index is -1.26. The SMILES string of the molecule is CCC(OC(=O)C(C)CNC(=O)[C@@H](Cc1ccc(OC)c(Cl)c1)NC(=O)/C=C/CCC(C)/C=C/c1ccccc1)C(=O)O. The number of rotatable bonds is 17. The molecule has 10 heteroatoms. The number of methoxy groups -OCH3 is 1. The van der Waals surface area contributed by atoms with E-state index in [1.165, 1.54) is 20.1 Å². The maximum Gasteiger partial charge on any atom is 0.345 e. The van der Waals surface area contributed by atoms with Crippen molar-refractivity contribution in [3.63, 3.8) is 0 Å². The van der Waals surface area contributed by atoms with Crippen molar-refractivity contribution < 1.29 is 33.8 Å². The monoisotopic (exact) mass is 612 g/mol. The molecule has 0 radical (unpaired) electrons. The summed E-state index contributed by atoms with van der Waals surface area (Å²) in [5.74, 6) is -2.95. The van der Waals surface area contributed by atoms with E-state index < -0.39 is 41.8 Å². The molecule has 232 valence electrons. The zero-order chi connectivity index (χ0) is 31.8. The van der Waals surface area contributed by atoms with Crippen molar-refractivity contribution in [1.29, 1.82) is 0 Å². The number of ether oxygens (including phenoxy) is 2. The average molecular weight is 613 g/mol. The van der Waals surface area contributed by atoms with Crippen LogP contribution in [-0.4, -0.2) is 54.7 Å². The Bertz CT molecular complexity index is 1280. The minimum absolute atomic E-state index is 0.103. The molecule has 0 aliphatic heterocycles. The lowest BCUT2D eigenvalue weighted by Crippen LogP contribution is -2.49. The summed E-state index contributed by atoms with van der Waals surface area (Å²) >= 11 is 6.26. The molecule has 2 aromatic carbocycles. The van der Waals surface area contributed by atoms with Crippen LogP contribution in [0.4, 0.5) is 0 Å². The molecule has 0 spiro atoms. The maximum atomic E-state index is 13.2. The van der Waals surface area contributed by atoms with E-state index in [1.807, 2.05) is 30.3 Å². The largest absolute Gasteiger partial charge is 0.495 e. The van der Waals surface area contributed by atoms with Gasteiger partial charge in [-0.2, -0.15) is 0 Å². The molecule has 3 N–H and O–H groups in total. The number of carbonyl (C=O) groups is 4. The second kappa shape index (κ2) is 18.4. The van der Waals surface area contributed by atoms with Gasteiger partial charge in [0, 0.05) is 13.0 Å². The average Bonchev–Trinajstić information content (AvgIpc) is 2.99. The fourth-order valence-corrected chi connectivity index (χ4v) is 4.29. The lowest BCUT2D eigenvalue weighted by Gasteiger charge is -2.20. The van der Waals surface area contributed by atoms with Gasteiger partial charge in [0.05, 0.1) is 18.1 Å². The summed E-state index contributed by atoms with van der Waals surface area (Å²) in [6.45, 7) is 5.12. The molecule has 0 aliphatic rings. The van der Waals surface area contributed by atoms with Crippen LogP contribution in [0.2, 0.25) is 5.02 Å². The first-order chi connectivity index (χ1) is 20.5. The number of carboxylic acid groups (broad SMARTS) is 1. The molecule has 0 aliphatic carbocycles. The molecule has 3 unspecified atom stereocenters. The third-order valence-electron chi connectivity index (χ3n) is 6.65. The zero-order valence-corrected chi connectivity index (χ0v) is 25.8. The highest BCUT2D eigenvalue weighted by atomic mass is 35.5. The number of carbonyl (C=O) groups excluding carboxylic acids is 3. The summed E-state index contributed by atoms with van der Waals surface area (Å²) in [7, 11) is 1.50. The number of benzene rings is 2. The first-order valence-corrected chi connectivity index (χ1v) is 14.7. The normalized spacial score (nSPS) is 14.1. The molecular formula is C33H41ClN2O7. The van der Waals surface area contributed by atoms with Gasteiger partial charge in [-0.1, -0.05) is 87.0 Å². The molecule has 0 bridgehead atoms. The van der Waals surface area contributed by atoms with Crippen LogP contribution in [0.15, 0.2) is 66.8 Å². The van der Waals surface area contributed by atoms with Crippen molar-refractivity contribution in [1.82, 2.24) is 10.6 Å². The Kier molecular flexibility index (Phi) is 15.0. The van der Waals surface area contributed by atoms with E-state index in [2.05, 4.69) is 29.7 Å². The van der Waals surface area contributed by atoms with E-state index in [9.17, 15) is 19.2 Å². The lowest BCUT2D eigenvalue weighted by atomic mass is 10.0. The van der Waals surface area contributed by atoms with Crippen LogP contribution in [-0.2, 0) is 30.3 Å². The molecule has 0 saturated carbocycles. The Morgan fingerprint density at radius 3 is 2.42 bits per heavy atom. The summed E-state index contributed by atoms with van der Waals surface area (Å²) in [5, 5.41) is 14.9. The predicted molar refractivity (Wildman–Crippen MR) is 167 cm³/mol. The fraction of sp³-hybridized carbons (Fsp3) is 0.394. The first-order valence-electron chi connectivity index (χ1n) is 14.3. The number of aliphatic carboxylic acids is 1. The third kappa shape index (κ3) is 12.7. The van der Waals surface area contributed by atoms with E-state index in [4.69, 9.17) is 26.2 Å². The van der Waals surface area contributed by atoms with Gasteiger partial charge in [0.15, 0.2) is 6.10 Å². The Morgan fingerprint density at radius 1 is 1.07 bits per heavy atom. The Balaban J connectivity index is 2.00. The summed E-state index contributed by atoms with van der Waals surface area (Å²) < 4.78 is 10.2. The predicted octanol–water partition coefficient (Wildman–Crippen LogP) is 5.22. The van der Waals surface area contributed by atoms with Crippen molar-refractivity contribution in [2.75, 3.05) is 13.7 Å². The van der Waals surface area contributed by atoms with Gasteiger partial charge in [-0.15, -0.1) is 0 Å². The first kappa shape index (κ1) is 35.1. The summed E-state index contributed by atoms with van der Waals surface area (Å²) in [4.78, 5) is 49.4. The van der Waals surface area contributed by atoms with Crippen LogP contribution in [0, 0.1) is 11.8 Å². The highest BCUT2D eigenvalue weighted by molar-refractivity contribution is 6.32. The Hall–Kier alpha value is -4.11. The number of amides is 2. The molecular weight excluding hydrogens is 572 g/mol. The second-order valence-corrected chi connectivity index (χ2v) is 10.7. The summed E-state index contributed by atoms with van der Waals surface area (Å²) in [6.07, 6.45) is 7.89. The molecule has 0 heterocycles. The van der Waals surface area contributed by atoms with Crippen LogP contribution < -0.4 is 15.4 Å². The van der Waals surface area contributed by atoms with Crippen LogP contribution in [0.1, 0.15) is 51.2 Å². The summed E-state index contributed by atoms with van der Waals surface area (Å²) in [6, 6.07) is 14.1. The van der Waals surface area contributed by atoms with Crippen LogP contribution in [0.25, 0.3) is 6.08 Å². The van der Waals surface area contributed by atoms with Gasteiger partial charge in [-0.05, 0) is 54.5 Å². The molecule has 0 saturated heterocycles. The number of hydrogen-bond acceptors (Lipinski definition) is 6. The van der Waals surface area contributed by atoms with E-state index >= 15 is 0 Å². The van der Waals surface area contributed by atoms with Crippen molar-refractivity contribution in [3.05, 3.63) is 82.9 Å². The second-order valence-electron chi connectivity index (χ2n) is 10.3. The number of allylic oxidation sites excluding steroid dienone is 2. The number of nitrogens with one attached hydrogen (secondary N) is 2. The van der Waals surface area contributed by atoms with E-state index in [1.54, 1.807) is 31.2 Å². The van der Waals surface area contributed by atoms with E-state index in [0.717, 1.165) is 12.0 Å². The Labute approximate surface area is 258 Å². The molecule has 43 heavy (non-hydrogen) atoms. The van der Waals surface area contributed by atoms with Gasteiger partial charge >= 0.3 is 11.9 Å². The molecule has 2 aromatic rings. The third-order valence-corrected chi connectivity index (χ3v) is 6.95. The van der Waals surface area contributed by atoms with Crippen molar-refractivity contribution in [2.24, 2.45) is 11.8 Å². The Morgan fingerprint density at radius 2 is 1.79 bits per heavy atom. The smallest absolute Gasteiger partial charge is 0.345 e. The van der Waals surface area contributed by atoms with Crippen LogP contribution >= 0.6 is 11.6 Å². The van der Waals surface area contributed by atoms with Crippen LogP contribution in [0.5, 0.6) is 5.75 Å². The van der Waals surface area contributed by atoms with Gasteiger partial charge in [0.1, 0.15) is 11.8 Å². The zero-order valence-electron chi connectivity index (χ0n) is 25.0. The minimum Gasteiger partial charge on any atom is -0.495 e. The number of esters is 1. The highest BCUT2D eigenvalue weighted by Gasteiger charge is 2.26. The number of carboxylic acids is 1. The van der Waals surface area contributed by atoms with Crippen molar-refractivity contribution in [3.8, 4) is 5.75 Å². The van der Waals surface area contributed by atoms with E-state index in [-0.39, 0.29) is 19.4 Å². The van der Waals surface area contributed by atoms with Crippen molar-refractivity contribution in [2.45, 2.75) is 58.6 Å². The fourth-order valence-electron chi connectivity index (χ4n) is 4.01. The number of halogens is 1. The van der Waals surface area contributed by atoms with Gasteiger partial charge in [0.25, 0.3) is 0 Å². The maximum absolute atomic E-state index is 13.2. The highest BCUT2D eigenvalue weighted by Crippen LogP contribution is 2.25. The summed E-state index contributed by atoms with van der Waals surface area (Å²) in [5.41, 5.74) is 1.82. The molecule has 0 fully saturated rings. The van der Waals surface area contributed by atoms with Gasteiger partial charge in [-0.3, -0.25) is 14.4 Å². The molecule has 2 rings (SSSR count). The van der Waals surface area contributed by atoms with Crippen molar-refractivity contribution >= 4 is 41.4 Å².